The van der Waals surface area contributed by atoms with E-state index in [1.807, 2.05) is 0 Å². The van der Waals surface area contributed by atoms with Gasteiger partial charge in [0.25, 0.3) is 6.43 Å². The van der Waals surface area contributed by atoms with E-state index in [2.05, 4.69) is 15.9 Å². The molecule has 0 heterocycles. The zero-order valence-electron chi connectivity index (χ0n) is 7.82. The third kappa shape index (κ3) is 2.45. The Bertz CT molecular complexity index is 339. The second kappa shape index (κ2) is 4.58. The monoisotopic (exact) mass is 282 g/mol. The molecule has 0 radical (unpaired) electrons. The van der Waals surface area contributed by atoms with E-state index >= 15 is 0 Å². The maximum atomic E-state index is 12.4. The Hall–Kier alpha value is -0.150. The van der Waals surface area contributed by atoms with Crippen LogP contribution in [0.3, 0.4) is 0 Å². The third-order valence-electron chi connectivity index (χ3n) is 2.07. The molecule has 0 spiro atoms. The lowest BCUT2D eigenvalue weighted by atomic mass is 10.0. The molecule has 0 bridgehead atoms. The first-order chi connectivity index (χ1) is 6.43. The van der Waals surface area contributed by atoms with Gasteiger partial charge in [-0.25, -0.2) is 8.78 Å². The summed E-state index contributed by atoms with van der Waals surface area (Å²) in [4.78, 5) is -0.918. The molecule has 0 aliphatic heterocycles. The van der Waals surface area contributed by atoms with Crippen molar-refractivity contribution in [2.75, 3.05) is 0 Å². The largest absolute Gasteiger partial charge is 0.255 e. The topological polar surface area (TPSA) is 0 Å². The van der Waals surface area contributed by atoms with Gasteiger partial charge in [-0.05, 0) is 36.6 Å². The normalized spacial score (nSPS) is 13.4. The van der Waals surface area contributed by atoms with Crippen molar-refractivity contribution >= 4 is 27.5 Å². The molecule has 1 rings (SSSR count). The van der Waals surface area contributed by atoms with Gasteiger partial charge in [-0.2, -0.15) is 0 Å². The molecule has 4 heteroatoms. The minimum absolute atomic E-state index is 0.599. The first kappa shape index (κ1) is 11.9. The van der Waals surface area contributed by atoms with Crippen molar-refractivity contribution in [1.82, 2.24) is 0 Å². The Morgan fingerprint density at radius 2 is 1.79 bits per heavy atom. The summed E-state index contributed by atoms with van der Waals surface area (Å²) in [6, 6.07) is 3.41. The summed E-state index contributed by atoms with van der Waals surface area (Å²) in [5, 5.41) is 0.611. The minimum Gasteiger partial charge on any atom is -0.209 e. The molecule has 0 N–H and O–H groups in total. The highest BCUT2D eigenvalue weighted by atomic mass is 79.9. The molecule has 1 aromatic carbocycles. The van der Waals surface area contributed by atoms with E-state index in [4.69, 9.17) is 11.6 Å². The van der Waals surface area contributed by atoms with Gasteiger partial charge in [-0.1, -0.05) is 33.6 Å². The SMILES string of the molecule is Cc1cc(C(Br)C(F)F)c(C)cc1Cl. The quantitative estimate of drug-likeness (QED) is 0.693. The van der Waals surface area contributed by atoms with Crippen LogP contribution in [-0.2, 0) is 0 Å². The lowest BCUT2D eigenvalue weighted by molar-refractivity contribution is 0.147. The van der Waals surface area contributed by atoms with Crippen LogP contribution in [0.2, 0.25) is 5.02 Å². The maximum Gasteiger partial charge on any atom is 0.255 e. The van der Waals surface area contributed by atoms with Crippen LogP contribution >= 0.6 is 27.5 Å². The number of alkyl halides is 3. The minimum atomic E-state index is -2.41. The maximum absolute atomic E-state index is 12.4. The van der Waals surface area contributed by atoms with E-state index in [1.54, 1.807) is 26.0 Å². The van der Waals surface area contributed by atoms with Crippen LogP contribution in [0, 0.1) is 13.8 Å². The summed E-state index contributed by atoms with van der Waals surface area (Å²) >= 11 is 8.83. The summed E-state index contributed by atoms with van der Waals surface area (Å²) < 4.78 is 24.9. The molecule has 0 saturated heterocycles. The Morgan fingerprint density at radius 3 is 2.29 bits per heavy atom. The Labute approximate surface area is 95.4 Å². The summed E-state index contributed by atoms with van der Waals surface area (Å²) in [6.07, 6.45) is -2.41. The van der Waals surface area contributed by atoms with Crippen LogP contribution in [0.25, 0.3) is 0 Å². The molecular formula is C10H10BrClF2. The predicted molar refractivity (Wildman–Crippen MR) is 58.6 cm³/mol. The van der Waals surface area contributed by atoms with Gasteiger partial charge in [0, 0.05) is 5.02 Å². The van der Waals surface area contributed by atoms with Crippen LogP contribution < -0.4 is 0 Å². The lowest BCUT2D eigenvalue weighted by Gasteiger charge is -2.13. The van der Waals surface area contributed by atoms with E-state index in [9.17, 15) is 8.78 Å². The predicted octanol–water partition coefficient (Wildman–Crippen LogP) is 4.66. The molecule has 1 aromatic rings. The summed E-state index contributed by atoms with van der Waals surface area (Å²) in [5.41, 5.74) is 2.20. The van der Waals surface area contributed by atoms with Crippen LogP contribution in [0.5, 0.6) is 0 Å². The average molecular weight is 284 g/mol. The van der Waals surface area contributed by atoms with Crippen molar-refractivity contribution in [3.63, 3.8) is 0 Å². The van der Waals surface area contributed by atoms with Crippen molar-refractivity contribution < 1.29 is 8.78 Å². The second-order valence-corrected chi connectivity index (χ2v) is 4.59. The number of aryl methyl sites for hydroxylation is 2. The highest BCUT2D eigenvalue weighted by molar-refractivity contribution is 9.09. The molecule has 1 atom stereocenters. The fourth-order valence-corrected chi connectivity index (χ4v) is 1.95. The highest BCUT2D eigenvalue weighted by Crippen LogP contribution is 2.34. The number of hydrogen-bond acceptors (Lipinski definition) is 0. The summed E-state index contributed by atoms with van der Waals surface area (Å²) in [7, 11) is 0. The molecule has 0 amide bonds. The van der Waals surface area contributed by atoms with Gasteiger partial charge in [0.05, 0.1) is 0 Å². The molecule has 0 aliphatic rings. The van der Waals surface area contributed by atoms with Gasteiger partial charge in [0.1, 0.15) is 4.83 Å². The molecule has 0 nitrogen and oxygen atoms in total. The van der Waals surface area contributed by atoms with Crippen LogP contribution in [-0.4, -0.2) is 6.43 Å². The van der Waals surface area contributed by atoms with Gasteiger partial charge < -0.3 is 0 Å². The molecule has 0 fully saturated rings. The first-order valence-electron chi connectivity index (χ1n) is 4.12. The molecule has 14 heavy (non-hydrogen) atoms. The van der Waals surface area contributed by atoms with Crippen LogP contribution in [0.1, 0.15) is 21.5 Å². The number of benzene rings is 1. The fourth-order valence-electron chi connectivity index (χ4n) is 1.24. The second-order valence-electron chi connectivity index (χ2n) is 3.19. The van der Waals surface area contributed by atoms with Crippen molar-refractivity contribution in [2.24, 2.45) is 0 Å². The molecule has 1 unspecified atom stereocenters. The van der Waals surface area contributed by atoms with Gasteiger partial charge in [0.2, 0.25) is 0 Å². The zero-order valence-corrected chi connectivity index (χ0v) is 10.2. The Kier molecular flexibility index (Phi) is 3.90. The third-order valence-corrected chi connectivity index (χ3v) is 3.37. The van der Waals surface area contributed by atoms with Crippen molar-refractivity contribution in [1.29, 1.82) is 0 Å². The zero-order chi connectivity index (χ0) is 10.9. The Balaban J connectivity index is 3.15. The molecular weight excluding hydrogens is 273 g/mol. The van der Waals surface area contributed by atoms with Crippen molar-refractivity contribution in [2.45, 2.75) is 25.1 Å². The average Bonchev–Trinajstić information content (AvgIpc) is 2.10. The Morgan fingerprint density at radius 1 is 1.21 bits per heavy atom. The standard InChI is InChI=1S/C10H10BrClF2/c1-5-4-8(12)6(2)3-7(5)9(11)10(13)14/h3-4,9-10H,1-2H3. The van der Waals surface area contributed by atoms with E-state index in [1.165, 1.54) is 0 Å². The number of halogens is 4. The van der Waals surface area contributed by atoms with Gasteiger partial charge in [-0.15, -0.1) is 0 Å². The van der Waals surface area contributed by atoms with Crippen LogP contribution in [0.15, 0.2) is 12.1 Å². The number of hydrogen-bond donors (Lipinski definition) is 0. The fraction of sp³-hybridized carbons (Fsp3) is 0.400. The van der Waals surface area contributed by atoms with Crippen LogP contribution in [0.4, 0.5) is 8.78 Å². The smallest absolute Gasteiger partial charge is 0.209 e. The van der Waals surface area contributed by atoms with Gasteiger partial charge in [0.15, 0.2) is 0 Å². The van der Waals surface area contributed by atoms with Gasteiger partial charge >= 0.3 is 0 Å². The molecule has 0 aliphatic carbocycles. The molecule has 0 saturated carbocycles. The van der Waals surface area contributed by atoms with E-state index < -0.39 is 11.3 Å². The van der Waals surface area contributed by atoms with E-state index in [0.29, 0.717) is 10.6 Å². The van der Waals surface area contributed by atoms with Gasteiger partial charge in [-0.3, -0.25) is 0 Å². The van der Waals surface area contributed by atoms with E-state index in [0.717, 1.165) is 11.1 Å². The molecule has 0 aromatic heterocycles. The summed E-state index contributed by atoms with van der Waals surface area (Å²) in [6.45, 7) is 3.58. The highest BCUT2D eigenvalue weighted by Gasteiger charge is 2.21. The summed E-state index contributed by atoms with van der Waals surface area (Å²) in [5.74, 6) is 0. The number of rotatable bonds is 2. The molecule has 78 valence electrons. The lowest BCUT2D eigenvalue weighted by Crippen LogP contribution is -2.04. The van der Waals surface area contributed by atoms with Crippen molar-refractivity contribution in [3.8, 4) is 0 Å². The first-order valence-corrected chi connectivity index (χ1v) is 5.41. The van der Waals surface area contributed by atoms with Crippen molar-refractivity contribution in [3.05, 3.63) is 33.8 Å². The van der Waals surface area contributed by atoms with E-state index in [-0.39, 0.29) is 0 Å².